The van der Waals surface area contributed by atoms with E-state index in [9.17, 15) is 9.90 Å². The van der Waals surface area contributed by atoms with Crippen molar-refractivity contribution in [3.63, 3.8) is 0 Å². The third kappa shape index (κ3) is 4.56. The predicted molar refractivity (Wildman–Crippen MR) is 101 cm³/mol. The fourth-order valence-corrected chi connectivity index (χ4v) is 3.49. The summed E-state index contributed by atoms with van der Waals surface area (Å²) in [5.74, 6) is -0.0882. The summed E-state index contributed by atoms with van der Waals surface area (Å²) < 4.78 is 32.6. The van der Waals surface area contributed by atoms with Crippen LogP contribution in [0.5, 0.6) is 0 Å². The van der Waals surface area contributed by atoms with Crippen molar-refractivity contribution in [1.29, 1.82) is 0 Å². The van der Waals surface area contributed by atoms with Crippen LogP contribution < -0.4 is 0 Å². The lowest BCUT2D eigenvalue weighted by atomic mass is 9.88. The van der Waals surface area contributed by atoms with Gasteiger partial charge in [-0.3, -0.25) is 9.69 Å². The minimum absolute atomic E-state index is 0.0224. The van der Waals surface area contributed by atoms with Gasteiger partial charge in [-0.2, -0.15) is 0 Å². The lowest BCUT2D eigenvalue weighted by molar-refractivity contribution is 0.0549. The molecule has 3 nitrogen and oxygen atoms in total. The maximum Gasteiger partial charge on any atom is 0.164 e. The summed E-state index contributed by atoms with van der Waals surface area (Å²) in [6, 6.07) is 16.6. The molecule has 0 aliphatic carbocycles. The summed E-state index contributed by atoms with van der Waals surface area (Å²) in [6.45, 7) is -2.40. The molecule has 1 aliphatic rings. The van der Waals surface area contributed by atoms with E-state index in [1.165, 1.54) is 4.90 Å². The van der Waals surface area contributed by atoms with E-state index < -0.39 is 25.1 Å². The summed E-state index contributed by atoms with van der Waals surface area (Å²) >= 11 is 0. The van der Waals surface area contributed by atoms with Crippen molar-refractivity contribution >= 4 is 5.78 Å². The van der Waals surface area contributed by atoms with Gasteiger partial charge >= 0.3 is 0 Å². The number of Topliss-reactive ketones (excluding diaryl/α,β-unsaturated/α-hetero) is 1. The monoisotopic (exact) mass is 341 g/mol. The molecule has 1 fully saturated rings. The number of benzene rings is 2. The van der Waals surface area contributed by atoms with Crippen molar-refractivity contribution in [2.24, 2.45) is 0 Å². The molecule has 3 atom stereocenters. The van der Waals surface area contributed by atoms with Gasteiger partial charge in [-0.15, -0.1) is 0 Å². The molecule has 3 heteroatoms. The Morgan fingerprint density at radius 1 is 1.16 bits per heavy atom. The lowest BCUT2D eigenvalue weighted by Crippen LogP contribution is -2.45. The first-order valence-electron chi connectivity index (χ1n) is 10.8. The largest absolute Gasteiger partial charge is 0.388 e. The van der Waals surface area contributed by atoms with Crippen molar-refractivity contribution in [2.75, 3.05) is 6.98 Å². The van der Waals surface area contributed by atoms with E-state index in [0.717, 1.165) is 6.42 Å². The van der Waals surface area contributed by atoms with Gasteiger partial charge in [0, 0.05) is 28.2 Å². The number of nitrogens with zero attached hydrogens (tertiary/aromatic N) is 1. The molecule has 0 spiro atoms. The van der Waals surface area contributed by atoms with Gasteiger partial charge in [-0.1, -0.05) is 67.1 Å². The van der Waals surface area contributed by atoms with E-state index in [4.69, 9.17) is 5.48 Å². The highest BCUT2D eigenvalue weighted by Gasteiger charge is 2.30. The van der Waals surface area contributed by atoms with Crippen LogP contribution in [0.3, 0.4) is 0 Å². The highest BCUT2D eigenvalue weighted by Crippen LogP contribution is 2.30. The number of piperidine rings is 1. The topological polar surface area (TPSA) is 40.5 Å². The Morgan fingerprint density at radius 3 is 2.48 bits per heavy atom. The van der Waals surface area contributed by atoms with Gasteiger partial charge in [0.05, 0.1) is 7.45 Å². The van der Waals surface area contributed by atoms with Crippen LogP contribution in [0, 0.1) is 0 Å². The number of likely N-dealkylation sites (tertiary alicyclic amines) is 1. The highest BCUT2D eigenvalue weighted by atomic mass is 16.3. The maximum atomic E-state index is 12.7. The average molecular weight is 341 g/mol. The van der Waals surface area contributed by atoms with Crippen molar-refractivity contribution in [3.8, 4) is 0 Å². The van der Waals surface area contributed by atoms with Crippen molar-refractivity contribution in [1.82, 2.24) is 4.90 Å². The van der Waals surface area contributed by atoms with Gasteiger partial charge < -0.3 is 5.11 Å². The van der Waals surface area contributed by atoms with Crippen molar-refractivity contribution in [2.45, 2.75) is 50.3 Å². The molecule has 0 saturated carbocycles. The Kier molecular flexibility index (Phi) is 4.46. The first-order chi connectivity index (χ1) is 13.7. The summed E-state index contributed by atoms with van der Waals surface area (Å²) in [4.78, 5) is 14.1. The van der Waals surface area contributed by atoms with Crippen LogP contribution in [0.15, 0.2) is 60.7 Å². The fraction of sp³-hybridized carbons (Fsp3) is 0.409. The van der Waals surface area contributed by atoms with E-state index in [-0.39, 0.29) is 18.6 Å². The minimum Gasteiger partial charge on any atom is -0.388 e. The van der Waals surface area contributed by atoms with E-state index in [1.54, 1.807) is 54.6 Å². The molecule has 0 unspecified atom stereocenters. The van der Waals surface area contributed by atoms with Gasteiger partial charge in [0.2, 0.25) is 0 Å². The minimum atomic E-state index is -2.40. The molecule has 25 heavy (non-hydrogen) atoms. The Hall–Kier alpha value is -1.97. The van der Waals surface area contributed by atoms with E-state index in [2.05, 4.69) is 0 Å². The van der Waals surface area contributed by atoms with E-state index in [0.29, 0.717) is 24.0 Å². The second-order valence-corrected chi connectivity index (χ2v) is 6.66. The molecule has 0 aromatic heterocycles. The van der Waals surface area contributed by atoms with Crippen LogP contribution >= 0.6 is 0 Å². The number of ketones is 1. The first kappa shape index (κ1) is 13.3. The number of carbonyl (C=O) groups excluding carboxylic acids is 1. The van der Waals surface area contributed by atoms with Gasteiger partial charge in [-0.05, 0) is 31.8 Å². The molecular weight excluding hydrogens is 310 g/mol. The average Bonchev–Trinajstić information content (AvgIpc) is 2.68. The molecule has 0 bridgehead atoms. The Balaban J connectivity index is 1.81. The number of hydrogen-bond donors (Lipinski definition) is 1. The Morgan fingerprint density at radius 2 is 1.80 bits per heavy atom. The van der Waals surface area contributed by atoms with Gasteiger partial charge in [-0.25, -0.2) is 0 Å². The van der Waals surface area contributed by atoms with Gasteiger partial charge in [0.15, 0.2) is 5.78 Å². The van der Waals surface area contributed by atoms with Crippen LogP contribution in [0.1, 0.15) is 59.6 Å². The van der Waals surface area contributed by atoms with Crippen molar-refractivity contribution < 1.29 is 15.4 Å². The normalized spacial score (nSPS) is 26.6. The third-order valence-corrected chi connectivity index (χ3v) is 4.91. The standard InChI is InChI=1S/C22H27NO2/c1-23-19(15-21(24)17-9-4-2-5-10-17)13-8-14-20(23)16-22(25)18-11-6-3-7-12-18/h2-7,9-12,19-21,24H,8,13-16H2,1H3/t19-,20+,21+/m0/s1/i1D3,21D. The summed E-state index contributed by atoms with van der Waals surface area (Å²) in [7, 11) is 0. The Bertz CT molecular complexity index is 809. The fourth-order valence-electron chi connectivity index (χ4n) is 3.49. The smallest absolute Gasteiger partial charge is 0.164 e. The lowest BCUT2D eigenvalue weighted by Gasteiger charge is -2.40. The molecule has 2 aromatic rings. The Labute approximate surface area is 155 Å². The predicted octanol–water partition coefficient (Wildman–Crippen LogP) is 4.24. The number of hydrogen-bond acceptors (Lipinski definition) is 3. The number of carbonyl (C=O) groups is 1. The van der Waals surface area contributed by atoms with Crippen molar-refractivity contribution in [3.05, 3.63) is 71.8 Å². The van der Waals surface area contributed by atoms with Gasteiger partial charge in [0.25, 0.3) is 0 Å². The molecular formula is C22H27NO2. The first-order valence-corrected chi connectivity index (χ1v) is 8.83. The zero-order chi connectivity index (χ0) is 21.1. The van der Waals surface area contributed by atoms with Crippen LogP contribution in [-0.2, 0) is 0 Å². The molecule has 1 N–H and O–H groups in total. The van der Waals surface area contributed by atoms with Crippen LogP contribution in [0.2, 0.25) is 0 Å². The van der Waals surface area contributed by atoms with E-state index >= 15 is 0 Å². The number of aliphatic hydroxyl groups is 1. The second-order valence-electron chi connectivity index (χ2n) is 6.66. The molecule has 2 aromatic carbocycles. The summed E-state index contributed by atoms with van der Waals surface area (Å²) in [5, 5.41) is 10.8. The summed E-state index contributed by atoms with van der Waals surface area (Å²) in [5.41, 5.74) is 1.01. The quantitative estimate of drug-likeness (QED) is 0.799. The molecule has 1 aliphatic heterocycles. The van der Waals surface area contributed by atoms with Crippen LogP contribution in [0.4, 0.5) is 0 Å². The molecule has 0 radical (unpaired) electrons. The zero-order valence-electron chi connectivity index (χ0n) is 18.3. The van der Waals surface area contributed by atoms with Crippen LogP contribution in [-0.4, -0.2) is 34.8 Å². The SMILES string of the molecule is [2H]C([2H])([2H])N1[C@@H](CC(=O)c2ccccc2)CCC[C@H]1C[C@@]([2H])(O)c1ccccc1. The summed E-state index contributed by atoms with van der Waals surface area (Å²) in [6.07, 6.45) is 0.138. The third-order valence-electron chi connectivity index (χ3n) is 4.91. The maximum absolute atomic E-state index is 12.7. The zero-order valence-corrected chi connectivity index (χ0v) is 14.3. The molecule has 1 heterocycles. The van der Waals surface area contributed by atoms with Crippen LogP contribution in [0.25, 0.3) is 0 Å². The van der Waals surface area contributed by atoms with E-state index in [1.807, 2.05) is 6.07 Å². The molecule has 3 rings (SSSR count). The highest BCUT2D eigenvalue weighted by molar-refractivity contribution is 5.96. The molecule has 132 valence electrons. The molecule has 0 amide bonds. The molecule has 1 saturated heterocycles. The van der Waals surface area contributed by atoms with Gasteiger partial charge in [0.1, 0.15) is 0 Å². The number of rotatable bonds is 6. The second kappa shape index (κ2) is 8.41.